The molecule has 0 fully saturated rings. The van der Waals surface area contributed by atoms with Gasteiger partial charge in [0.05, 0.1) is 7.11 Å². The number of hydrogen-bond acceptors (Lipinski definition) is 3. The lowest BCUT2D eigenvalue weighted by Gasteiger charge is -2.13. The van der Waals surface area contributed by atoms with Crippen LogP contribution in [0.3, 0.4) is 0 Å². The minimum absolute atomic E-state index is 0.248. The molecule has 5 heteroatoms. The number of rotatable bonds is 6. The van der Waals surface area contributed by atoms with Crippen LogP contribution in [0.15, 0.2) is 48.5 Å². The van der Waals surface area contributed by atoms with E-state index in [0.717, 1.165) is 5.56 Å². The van der Waals surface area contributed by atoms with Crippen molar-refractivity contribution in [3.05, 3.63) is 65.5 Å². The number of carbonyl (C=O) groups excluding carboxylic acids is 1. The monoisotopic (exact) mass is 301 g/mol. The molecule has 0 spiro atoms. The maximum atomic E-state index is 12.9. The Hall–Kier alpha value is -2.82. The van der Waals surface area contributed by atoms with Gasteiger partial charge in [0.1, 0.15) is 12.4 Å². The number of hydrogen-bond donors (Lipinski definition) is 1. The number of nitrogens with two attached hydrogens (primary N) is 1. The van der Waals surface area contributed by atoms with Crippen molar-refractivity contribution < 1.29 is 18.7 Å². The smallest absolute Gasteiger partial charge is 0.241 e. The summed E-state index contributed by atoms with van der Waals surface area (Å²) in [6.45, 7) is 0.248. The summed E-state index contributed by atoms with van der Waals surface area (Å²) in [4.78, 5) is 10.9. The van der Waals surface area contributed by atoms with Crippen LogP contribution in [-0.4, -0.2) is 13.0 Å². The fourth-order valence-corrected chi connectivity index (χ4v) is 1.89. The lowest BCUT2D eigenvalue weighted by Crippen LogP contribution is -2.05. The van der Waals surface area contributed by atoms with Crippen molar-refractivity contribution in [2.45, 2.75) is 6.61 Å². The Bertz CT molecular complexity index is 681. The van der Waals surface area contributed by atoms with E-state index in [-0.39, 0.29) is 12.4 Å². The van der Waals surface area contributed by atoms with E-state index in [1.165, 1.54) is 25.3 Å². The summed E-state index contributed by atoms with van der Waals surface area (Å²) in [5.74, 6) is 0.180. The summed E-state index contributed by atoms with van der Waals surface area (Å²) in [5, 5.41) is 0. The van der Waals surface area contributed by atoms with Crippen molar-refractivity contribution in [3.63, 3.8) is 0 Å². The molecule has 1 amide bonds. The van der Waals surface area contributed by atoms with Crippen LogP contribution in [0.1, 0.15) is 11.1 Å². The van der Waals surface area contributed by atoms with E-state index in [0.29, 0.717) is 17.1 Å². The summed E-state index contributed by atoms with van der Waals surface area (Å²) in [6.07, 6.45) is 2.81. The molecule has 2 rings (SSSR count). The summed E-state index contributed by atoms with van der Waals surface area (Å²) in [6, 6.07) is 11.3. The van der Waals surface area contributed by atoms with Crippen LogP contribution in [0.5, 0.6) is 11.5 Å². The molecule has 4 nitrogen and oxygen atoms in total. The number of primary amides is 1. The van der Waals surface area contributed by atoms with Gasteiger partial charge in [0.2, 0.25) is 5.91 Å². The third-order valence-electron chi connectivity index (χ3n) is 2.95. The number of halogens is 1. The highest BCUT2D eigenvalue weighted by Gasteiger charge is 2.09. The third kappa shape index (κ3) is 4.09. The van der Waals surface area contributed by atoms with E-state index in [2.05, 4.69) is 0 Å². The Balaban J connectivity index is 2.23. The van der Waals surface area contributed by atoms with Gasteiger partial charge in [-0.1, -0.05) is 24.3 Å². The molecule has 2 aromatic rings. The van der Waals surface area contributed by atoms with Crippen molar-refractivity contribution in [2.24, 2.45) is 5.73 Å². The molecular formula is C17H16FNO3. The van der Waals surface area contributed by atoms with E-state index in [9.17, 15) is 9.18 Å². The third-order valence-corrected chi connectivity index (χ3v) is 2.95. The standard InChI is InChI=1S/C17H16FNO3/c1-21-15-4-2-3-13(7-10-16(19)20)17(15)22-11-12-5-8-14(18)9-6-12/h2-10H,11H2,1H3,(H2,19,20). The van der Waals surface area contributed by atoms with Gasteiger partial charge >= 0.3 is 0 Å². The normalized spacial score (nSPS) is 10.6. The summed E-state index contributed by atoms with van der Waals surface area (Å²) < 4.78 is 23.9. The Labute approximate surface area is 128 Å². The van der Waals surface area contributed by atoms with E-state index in [4.69, 9.17) is 15.2 Å². The number of amides is 1. The molecular weight excluding hydrogens is 285 g/mol. The molecule has 0 saturated carbocycles. The second-order valence-corrected chi connectivity index (χ2v) is 4.53. The molecule has 0 heterocycles. The first-order valence-corrected chi connectivity index (χ1v) is 6.62. The molecule has 0 aliphatic carbocycles. The highest BCUT2D eigenvalue weighted by atomic mass is 19.1. The molecule has 0 aliphatic heterocycles. The van der Waals surface area contributed by atoms with Crippen molar-refractivity contribution in [1.82, 2.24) is 0 Å². The number of carbonyl (C=O) groups is 1. The minimum Gasteiger partial charge on any atom is -0.493 e. The van der Waals surface area contributed by atoms with Crippen molar-refractivity contribution >= 4 is 12.0 Å². The number of para-hydroxylation sites is 1. The van der Waals surface area contributed by atoms with Gasteiger partial charge in [0, 0.05) is 11.6 Å². The number of benzene rings is 2. The van der Waals surface area contributed by atoms with Crippen LogP contribution in [0.25, 0.3) is 6.08 Å². The first kappa shape index (κ1) is 15.6. The first-order valence-electron chi connectivity index (χ1n) is 6.62. The van der Waals surface area contributed by atoms with Gasteiger partial charge < -0.3 is 15.2 Å². The second-order valence-electron chi connectivity index (χ2n) is 4.53. The van der Waals surface area contributed by atoms with Crippen LogP contribution in [0.4, 0.5) is 4.39 Å². The van der Waals surface area contributed by atoms with Crippen LogP contribution < -0.4 is 15.2 Å². The van der Waals surface area contributed by atoms with Crippen molar-refractivity contribution in [2.75, 3.05) is 7.11 Å². The maximum absolute atomic E-state index is 12.9. The quantitative estimate of drug-likeness (QED) is 0.834. The van der Waals surface area contributed by atoms with Crippen LogP contribution in [0.2, 0.25) is 0 Å². The molecule has 0 radical (unpaired) electrons. The fraction of sp³-hybridized carbons (Fsp3) is 0.118. The summed E-state index contributed by atoms with van der Waals surface area (Å²) in [7, 11) is 1.53. The molecule has 114 valence electrons. The van der Waals surface area contributed by atoms with Crippen LogP contribution in [0, 0.1) is 5.82 Å². The predicted octanol–water partition coefficient (Wildman–Crippen LogP) is 2.91. The van der Waals surface area contributed by atoms with E-state index >= 15 is 0 Å². The largest absolute Gasteiger partial charge is 0.493 e. The zero-order valence-electron chi connectivity index (χ0n) is 12.1. The molecule has 0 atom stereocenters. The number of methoxy groups -OCH3 is 1. The average Bonchev–Trinajstić information content (AvgIpc) is 2.52. The van der Waals surface area contributed by atoms with E-state index in [1.807, 2.05) is 0 Å². The van der Waals surface area contributed by atoms with Crippen LogP contribution >= 0.6 is 0 Å². The first-order chi connectivity index (χ1) is 10.6. The SMILES string of the molecule is COc1cccc(C=CC(N)=O)c1OCc1ccc(F)cc1. The zero-order chi connectivity index (χ0) is 15.9. The molecule has 0 unspecified atom stereocenters. The Morgan fingerprint density at radius 3 is 2.59 bits per heavy atom. The predicted molar refractivity (Wildman–Crippen MR) is 82.0 cm³/mol. The molecule has 2 aromatic carbocycles. The Morgan fingerprint density at radius 1 is 1.23 bits per heavy atom. The van der Waals surface area contributed by atoms with Gasteiger partial charge in [0.15, 0.2) is 11.5 Å². The lowest BCUT2D eigenvalue weighted by molar-refractivity contribution is -0.113. The van der Waals surface area contributed by atoms with Crippen molar-refractivity contribution in [3.8, 4) is 11.5 Å². The molecule has 22 heavy (non-hydrogen) atoms. The minimum atomic E-state index is -0.549. The van der Waals surface area contributed by atoms with Gasteiger partial charge in [-0.2, -0.15) is 0 Å². The Morgan fingerprint density at radius 2 is 1.95 bits per heavy atom. The molecule has 0 saturated heterocycles. The highest BCUT2D eigenvalue weighted by molar-refractivity contribution is 5.90. The highest BCUT2D eigenvalue weighted by Crippen LogP contribution is 2.32. The van der Waals surface area contributed by atoms with Gasteiger partial charge in [-0.3, -0.25) is 4.79 Å². The van der Waals surface area contributed by atoms with E-state index in [1.54, 1.807) is 36.4 Å². The molecule has 0 aliphatic rings. The van der Waals surface area contributed by atoms with Crippen LogP contribution in [-0.2, 0) is 11.4 Å². The van der Waals surface area contributed by atoms with E-state index < -0.39 is 5.91 Å². The van der Waals surface area contributed by atoms with Gasteiger partial charge in [-0.05, 0) is 29.8 Å². The fourth-order valence-electron chi connectivity index (χ4n) is 1.89. The lowest BCUT2D eigenvalue weighted by atomic mass is 10.1. The molecule has 2 N–H and O–H groups in total. The Kier molecular flexibility index (Phi) is 5.14. The van der Waals surface area contributed by atoms with Gasteiger partial charge in [-0.15, -0.1) is 0 Å². The average molecular weight is 301 g/mol. The summed E-state index contributed by atoms with van der Waals surface area (Å²) in [5.41, 5.74) is 6.59. The van der Waals surface area contributed by atoms with Gasteiger partial charge in [-0.25, -0.2) is 4.39 Å². The maximum Gasteiger partial charge on any atom is 0.241 e. The van der Waals surface area contributed by atoms with Gasteiger partial charge in [0.25, 0.3) is 0 Å². The number of ether oxygens (including phenoxy) is 2. The molecule has 0 bridgehead atoms. The zero-order valence-corrected chi connectivity index (χ0v) is 12.1. The van der Waals surface area contributed by atoms with Crippen molar-refractivity contribution in [1.29, 1.82) is 0 Å². The second kappa shape index (κ2) is 7.26. The summed E-state index contributed by atoms with van der Waals surface area (Å²) >= 11 is 0. The molecule has 0 aromatic heterocycles. The topological polar surface area (TPSA) is 61.5 Å².